The molecule has 4 rings (SSSR count). The summed E-state index contributed by atoms with van der Waals surface area (Å²) in [6.45, 7) is 4.36. The highest BCUT2D eigenvalue weighted by molar-refractivity contribution is 7.89. The quantitative estimate of drug-likeness (QED) is 0.637. The summed E-state index contributed by atoms with van der Waals surface area (Å²) in [5.41, 5.74) is 1.02. The predicted molar refractivity (Wildman–Crippen MR) is 113 cm³/mol. The second-order valence-electron chi connectivity index (χ2n) is 7.69. The summed E-state index contributed by atoms with van der Waals surface area (Å²) in [6, 6.07) is 6.92. The van der Waals surface area contributed by atoms with Crippen LogP contribution in [-0.4, -0.2) is 67.3 Å². The fourth-order valence-electron chi connectivity index (χ4n) is 4.13. The van der Waals surface area contributed by atoms with E-state index in [9.17, 15) is 18.0 Å². The van der Waals surface area contributed by atoms with Gasteiger partial charge in [0.1, 0.15) is 16.5 Å². The Bertz CT molecular complexity index is 1090. The number of nitrogens with zero attached hydrogens (tertiary/aromatic N) is 4. The Morgan fingerprint density at radius 1 is 1.10 bits per heavy atom. The van der Waals surface area contributed by atoms with Crippen molar-refractivity contribution in [3.63, 3.8) is 0 Å². The van der Waals surface area contributed by atoms with Crippen LogP contribution in [0.25, 0.3) is 0 Å². The number of carbonyl (C=O) groups excluding carboxylic acids is 2. The third-order valence-corrected chi connectivity index (χ3v) is 8.15. The molecular formula is C20H23ClN4O5S. The summed E-state index contributed by atoms with van der Waals surface area (Å²) in [4.78, 5) is 29.1. The molecule has 0 spiro atoms. The number of amides is 2. The van der Waals surface area contributed by atoms with Crippen LogP contribution in [0.2, 0.25) is 5.02 Å². The Morgan fingerprint density at radius 3 is 2.32 bits per heavy atom. The molecule has 1 aromatic heterocycles. The van der Waals surface area contributed by atoms with Crippen molar-refractivity contribution in [1.82, 2.24) is 14.4 Å². The van der Waals surface area contributed by atoms with E-state index in [1.165, 1.54) is 4.31 Å². The summed E-state index contributed by atoms with van der Waals surface area (Å²) >= 11 is 5.91. The molecule has 1 atom stereocenters. The highest BCUT2D eigenvalue weighted by Gasteiger charge is 2.41. The van der Waals surface area contributed by atoms with Crippen LogP contribution in [0.5, 0.6) is 0 Å². The first kappa shape index (κ1) is 21.8. The second-order valence-corrected chi connectivity index (χ2v) is 10.0. The number of hydrogen-bond acceptors (Lipinski definition) is 6. The molecule has 1 aromatic carbocycles. The molecule has 2 aromatic rings. The summed E-state index contributed by atoms with van der Waals surface area (Å²) in [6.07, 6.45) is 0.428. The topological polar surface area (TPSA) is 104 Å². The van der Waals surface area contributed by atoms with Crippen LogP contribution in [0.4, 0.5) is 5.69 Å². The molecule has 0 aliphatic carbocycles. The van der Waals surface area contributed by atoms with Gasteiger partial charge in [0.05, 0.1) is 0 Å². The Hall–Kier alpha value is -2.43. The van der Waals surface area contributed by atoms with Crippen LogP contribution in [0, 0.1) is 19.8 Å². The molecule has 1 unspecified atom stereocenters. The smallest absolute Gasteiger partial charge is 0.248 e. The number of rotatable bonds is 4. The maximum atomic E-state index is 13.0. The minimum Gasteiger partial charge on any atom is -0.360 e. The van der Waals surface area contributed by atoms with Gasteiger partial charge in [-0.15, -0.1) is 0 Å². The van der Waals surface area contributed by atoms with Crippen LogP contribution in [0.3, 0.4) is 0 Å². The number of carbonyl (C=O) groups is 2. The van der Waals surface area contributed by atoms with Crippen molar-refractivity contribution in [3.05, 3.63) is 40.7 Å². The van der Waals surface area contributed by atoms with Crippen molar-refractivity contribution in [2.45, 2.75) is 25.2 Å². The lowest BCUT2D eigenvalue weighted by Gasteiger charge is -2.34. The maximum Gasteiger partial charge on any atom is 0.248 e. The van der Waals surface area contributed by atoms with Crippen molar-refractivity contribution in [3.8, 4) is 0 Å². The summed E-state index contributed by atoms with van der Waals surface area (Å²) in [5, 5.41) is 4.30. The van der Waals surface area contributed by atoms with E-state index in [-0.39, 0.29) is 48.6 Å². The first-order chi connectivity index (χ1) is 14.7. The third-order valence-electron chi connectivity index (χ3n) is 5.76. The Labute approximate surface area is 185 Å². The molecule has 0 N–H and O–H groups in total. The largest absolute Gasteiger partial charge is 0.360 e. The highest BCUT2D eigenvalue weighted by atomic mass is 35.5. The van der Waals surface area contributed by atoms with E-state index in [0.29, 0.717) is 29.4 Å². The number of aryl methyl sites for hydroxylation is 2. The van der Waals surface area contributed by atoms with E-state index in [4.69, 9.17) is 16.1 Å². The molecule has 166 valence electrons. The van der Waals surface area contributed by atoms with Crippen molar-refractivity contribution >= 4 is 39.1 Å². The van der Waals surface area contributed by atoms with Gasteiger partial charge in [-0.25, -0.2) is 8.42 Å². The van der Waals surface area contributed by atoms with E-state index in [1.807, 2.05) is 0 Å². The molecule has 0 bridgehead atoms. The van der Waals surface area contributed by atoms with Gasteiger partial charge in [0.15, 0.2) is 5.76 Å². The standard InChI is InChI=1S/C20H23ClN4O5S/c1-13-18(14(2)30-22-13)31(28,29)24-11-9-23(10-12-24)19(26)17-7-8-25(20(17)27)16-5-3-15(21)4-6-16/h3-6,17H,7-12H2,1-2H3. The molecule has 31 heavy (non-hydrogen) atoms. The SMILES string of the molecule is Cc1noc(C)c1S(=O)(=O)N1CCN(C(=O)C2CCN(c3ccc(Cl)cc3)C2=O)CC1. The van der Waals surface area contributed by atoms with Gasteiger partial charge in [-0.05, 0) is 44.5 Å². The van der Waals surface area contributed by atoms with E-state index in [0.717, 1.165) is 0 Å². The van der Waals surface area contributed by atoms with E-state index >= 15 is 0 Å². The monoisotopic (exact) mass is 466 g/mol. The molecule has 0 saturated carbocycles. The molecule has 0 radical (unpaired) electrons. The number of halogens is 1. The first-order valence-corrected chi connectivity index (χ1v) is 11.8. The van der Waals surface area contributed by atoms with Crippen LogP contribution in [0.1, 0.15) is 17.9 Å². The molecule has 2 aliphatic rings. The number of hydrogen-bond donors (Lipinski definition) is 0. The predicted octanol–water partition coefficient (Wildman–Crippen LogP) is 1.83. The number of sulfonamides is 1. The van der Waals surface area contributed by atoms with Gasteiger partial charge in [-0.1, -0.05) is 16.8 Å². The minimum absolute atomic E-state index is 0.0804. The normalized spacial score (nSPS) is 20.5. The van der Waals surface area contributed by atoms with Crippen molar-refractivity contribution in [1.29, 1.82) is 0 Å². The third kappa shape index (κ3) is 3.95. The first-order valence-electron chi connectivity index (χ1n) is 9.99. The lowest BCUT2D eigenvalue weighted by atomic mass is 10.1. The van der Waals surface area contributed by atoms with Crippen LogP contribution in [0.15, 0.2) is 33.7 Å². The molecule has 11 heteroatoms. The second kappa shape index (κ2) is 8.25. The fourth-order valence-corrected chi connectivity index (χ4v) is 5.97. The lowest BCUT2D eigenvalue weighted by molar-refractivity contribution is -0.140. The van der Waals surface area contributed by atoms with E-state index in [1.54, 1.807) is 47.9 Å². The van der Waals surface area contributed by atoms with Gasteiger partial charge in [0, 0.05) is 43.4 Å². The van der Waals surface area contributed by atoms with Gasteiger partial charge in [0.25, 0.3) is 0 Å². The zero-order valence-corrected chi connectivity index (χ0v) is 18.8. The highest BCUT2D eigenvalue weighted by Crippen LogP contribution is 2.29. The molecular weight excluding hydrogens is 444 g/mol. The molecule has 9 nitrogen and oxygen atoms in total. The van der Waals surface area contributed by atoms with Gasteiger partial charge in [0.2, 0.25) is 21.8 Å². The molecule has 2 aliphatic heterocycles. The van der Waals surface area contributed by atoms with E-state index in [2.05, 4.69) is 5.16 Å². The summed E-state index contributed by atoms with van der Waals surface area (Å²) in [7, 11) is -3.75. The van der Waals surface area contributed by atoms with Crippen molar-refractivity contribution < 1.29 is 22.5 Å². The van der Waals surface area contributed by atoms with Gasteiger partial charge >= 0.3 is 0 Å². The lowest BCUT2D eigenvalue weighted by Crippen LogP contribution is -2.52. The zero-order valence-electron chi connectivity index (χ0n) is 17.2. The number of anilines is 1. The number of aromatic nitrogens is 1. The maximum absolute atomic E-state index is 13.0. The minimum atomic E-state index is -3.75. The summed E-state index contributed by atoms with van der Waals surface area (Å²) < 4.78 is 32.2. The molecule has 3 heterocycles. The molecule has 2 fully saturated rings. The summed E-state index contributed by atoms with van der Waals surface area (Å²) in [5.74, 6) is -0.995. The van der Waals surface area contributed by atoms with Gasteiger partial charge in [-0.2, -0.15) is 4.31 Å². The van der Waals surface area contributed by atoms with Crippen molar-refractivity contribution in [2.75, 3.05) is 37.6 Å². The van der Waals surface area contributed by atoms with Crippen molar-refractivity contribution in [2.24, 2.45) is 5.92 Å². The zero-order chi connectivity index (χ0) is 22.3. The Morgan fingerprint density at radius 2 is 1.74 bits per heavy atom. The van der Waals surface area contributed by atoms with Gasteiger partial charge in [-0.3, -0.25) is 9.59 Å². The van der Waals surface area contributed by atoms with Gasteiger partial charge < -0.3 is 14.3 Å². The number of piperazine rings is 1. The van der Waals surface area contributed by atoms with Crippen LogP contribution < -0.4 is 4.90 Å². The Balaban J connectivity index is 1.41. The average molecular weight is 467 g/mol. The molecule has 2 amide bonds. The van der Waals surface area contributed by atoms with E-state index < -0.39 is 15.9 Å². The number of benzene rings is 1. The Kier molecular flexibility index (Phi) is 5.80. The van der Waals surface area contributed by atoms with Crippen LogP contribution in [-0.2, 0) is 19.6 Å². The average Bonchev–Trinajstić information content (AvgIpc) is 3.30. The molecule has 2 saturated heterocycles. The van der Waals surface area contributed by atoms with Crippen LogP contribution >= 0.6 is 11.6 Å². The fraction of sp³-hybridized carbons (Fsp3) is 0.450.